The standard InChI is InChI=1S/C21H21ClN2O6S2/c1-14-4-5-16(12-19(14)22)24-31(25,26)17-8-6-15(7-9-17)23-32(27,28)18-10-11-20(29-2)21(13-18)30-3/h4-13,23-24H,1-3H3. The lowest BCUT2D eigenvalue weighted by Crippen LogP contribution is -2.15. The van der Waals surface area contributed by atoms with Crippen LogP contribution in [0, 0.1) is 6.92 Å². The van der Waals surface area contributed by atoms with Gasteiger partial charge in [0.05, 0.1) is 29.7 Å². The van der Waals surface area contributed by atoms with Crippen molar-refractivity contribution in [2.75, 3.05) is 23.7 Å². The van der Waals surface area contributed by atoms with Gasteiger partial charge in [-0.3, -0.25) is 9.44 Å². The number of rotatable bonds is 8. The normalized spacial score (nSPS) is 11.6. The highest BCUT2D eigenvalue weighted by atomic mass is 35.5. The summed E-state index contributed by atoms with van der Waals surface area (Å²) in [5.41, 5.74) is 1.33. The molecule has 0 fully saturated rings. The second-order valence-corrected chi connectivity index (χ2v) is 10.5. The molecule has 0 heterocycles. The van der Waals surface area contributed by atoms with Gasteiger partial charge in [0, 0.05) is 16.8 Å². The van der Waals surface area contributed by atoms with Gasteiger partial charge in [-0.2, -0.15) is 0 Å². The first-order valence-electron chi connectivity index (χ1n) is 9.19. The van der Waals surface area contributed by atoms with Crippen molar-refractivity contribution in [3.63, 3.8) is 0 Å². The lowest BCUT2D eigenvalue weighted by Gasteiger charge is -2.12. The molecule has 3 rings (SSSR count). The Labute approximate surface area is 192 Å². The quantitative estimate of drug-likeness (QED) is 0.482. The zero-order valence-corrected chi connectivity index (χ0v) is 19.8. The number of hydrogen-bond donors (Lipinski definition) is 2. The first kappa shape index (κ1) is 23.7. The van der Waals surface area contributed by atoms with Gasteiger partial charge in [-0.1, -0.05) is 17.7 Å². The van der Waals surface area contributed by atoms with E-state index in [2.05, 4.69) is 9.44 Å². The number of nitrogens with one attached hydrogen (secondary N) is 2. The summed E-state index contributed by atoms with van der Waals surface area (Å²) in [6, 6.07) is 14.3. The fourth-order valence-electron chi connectivity index (χ4n) is 2.77. The molecule has 0 saturated carbocycles. The monoisotopic (exact) mass is 496 g/mol. The van der Waals surface area contributed by atoms with Crippen LogP contribution in [0.15, 0.2) is 70.5 Å². The van der Waals surface area contributed by atoms with Crippen LogP contribution in [-0.2, 0) is 20.0 Å². The van der Waals surface area contributed by atoms with Gasteiger partial charge in [0.15, 0.2) is 11.5 Å². The first-order valence-corrected chi connectivity index (χ1v) is 12.5. The number of aryl methyl sites for hydroxylation is 1. The molecule has 0 aliphatic carbocycles. The molecular formula is C21H21ClN2O6S2. The van der Waals surface area contributed by atoms with E-state index in [1.165, 1.54) is 62.8 Å². The minimum atomic E-state index is -3.94. The van der Waals surface area contributed by atoms with E-state index < -0.39 is 20.0 Å². The summed E-state index contributed by atoms with van der Waals surface area (Å²) in [4.78, 5) is -0.0759. The number of benzene rings is 3. The summed E-state index contributed by atoms with van der Waals surface area (Å²) in [7, 11) is -4.98. The minimum absolute atomic E-state index is 0.0373. The largest absolute Gasteiger partial charge is 0.493 e. The number of hydrogen-bond acceptors (Lipinski definition) is 6. The summed E-state index contributed by atoms with van der Waals surface area (Å²) in [6.07, 6.45) is 0. The highest BCUT2D eigenvalue weighted by Crippen LogP contribution is 2.30. The van der Waals surface area contributed by atoms with Crippen molar-refractivity contribution in [2.45, 2.75) is 16.7 Å². The molecule has 0 bridgehead atoms. The maximum Gasteiger partial charge on any atom is 0.262 e. The van der Waals surface area contributed by atoms with E-state index in [1.54, 1.807) is 12.1 Å². The van der Waals surface area contributed by atoms with Gasteiger partial charge in [0.1, 0.15) is 0 Å². The Kier molecular flexibility index (Phi) is 6.87. The Balaban J connectivity index is 1.79. The Hall–Kier alpha value is -2.95. The molecule has 0 aliphatic heterocycles. The third kappa shape index (κ3) is 5.26. The van der Waals surface area contributed by atoms with Crippen LogP contribution < -0.4 is 18.9 Å². The van der Waals surface area contributed by atoms with Gasteiger partial charge in [-0.15, -0.1) is 0 Å². The van der Waals surface area contributed by atoms with E-state index in [1.807, 2.05) is 6.92 Å². The van der Waals surface area contributed by atoms with Gasteiger partial charge in [0.25, 0.3) is 20.0 Å². The molecule has 170 valence electrons. The third-order valence-corrected chi connectivity index (χ3v) is 7.69. The second-order valence-electron chi connectivity index (χ2n) is 6.72. The summed E-state index contributed by atoms with van der Waals surface area (Å²) < 4.78 is 65.8. The van der Waals surface area contributed by atoms with Crippen LogP contribution in [0.4, 0.5) is 11.4 Å². The number of anilines is 2. The van der Waals surface area contributed by atoms with Crippen LogP contribution >= 0.6 is 11.6 Å². The average molecular weight is 497 g/mol. The lowest BCUT2D eigenvalue weighted by atomic mass is 10.2. The van der Waals surface area contributed by atoms with Crippen molar-refractivity contribution in [3.05, 3.63) is 71.2 Å². The molecule has 0 amide bonds. The lowest BCUT2D eigenvalue weighted by molar-refractivity contribution is 0.354. The van der Waals surface area contributed by atoms with E-state index in [9.17, 15) is 16.8 Å². The van der Waals surface area contributed by atoms with Crippen molar-refractivity contribution in [2.24, 2.45) is 0 Å². The maximum absolute atomic E-state index is 12.7. The Morgan fingerprint density at radius 1 is 0.688 bits per heavy atom. The molecule has 0 aliphatic rings. The van der Waals surface area contributed by atoms with Crippen molar-refractivity contribution in [1.29, 1.82) is 0 Å². The fraction of sp³-hybridized carbons (Fsp3) is 0.143. The summed E-state index contributed by atoms with van der Waals surface area (Å²) in [5, 5.41) is 0.435. The first-order chi connectivity index (χ1) is 15.1. The van der Waals surface area contributed by atoms with Gasteiger partial charge in [-0.05, 0) is 61.0 Å². The zero-order chi connectivity index (χ0) is 23.5. The number of halogens is 1. The highest BCUT2D eigenvalue weighted by molar-refractivity contribution is 7.93. The van der Waals surface area contributed by atoms with Gasteiger partial charge >= 0.3 is 0 Å². The van der Waals surface area contributed by atoms with Crippen molar-refractivity contribution in [3.8, 4) is 11.5 Å². The van der Waals surface area contributed by atoms with Crippen LogP contribution in [0.2, 0.25) is 5.02 Å². The third-order valence-electron chi connectivity index (χ3n) is 4.51. The molecule has 32 heavy (non-hydrogen) atoms. The Morgan fingerprint density at radius 2 is 1.22 bits per heavy atom. The fourth-order valence-corrected chi connectivity index (χ4v) is 5.07. The van der Waals surface area contributed by atoms with E-state index in [-0.39, 0.29) is 21.2 Å². The van der Waals surface area contributed by atoms with Crippen molar-refractivity contribution in [1.82, 2.24) is 0 Å². The predicted octanol–water partition coefficient (Wildman–Crippen LogP) is 4.27. The topological polar surface area (TPSA) is 111 Å². The Bertz CT molecular complexity index is 1340. The van der Waals surface area contributed by atoms with Gasteiger partial charge < -0.3 is 9.47 Å². The van der Waals surface area contributed by atoms with Gasteiger partial charge in [-0.25, -0.2) is 16.8 Å². The SMILES string of the molecule is COc1ccc(S(=O)(=O)Nc2ccc(S(=O)(=O)Nc3ccc(C)c(Cl)c3)cc2)cc1OC. The molecule has 2 N–H and O–H groups in total. The second kappa shape index (κ2) is 9.27. The molecule has 0 atom stereocenters. The van der Waals surface area contributed by atoms with E-state index >= 15 is 0 Å². The number of ether oxygens (including phenoxy) is 2. The molecule has 0 unspecified atom stereocenters. The number of sulfonamides is 2. The molecule has 3 aromatic carbocycles. The van der Waals surface area contributed by atoms with Crippen LogP contribution in [0.3, 0.4) is 0 Å². The molecule has 0 saturated heterocycles. The molecule has 3 aromatic rings. The minimum Gasteiger partial charge on any atom is -0.493 e. The van der Waals surface area contributed by atoms with Gasteiger partial charge in [0.2, 0.25) is 0 Å². The summed E-state index contributed by atoms with van der Waals surface area (Å²) in [5.74, 6) is 0.655. The molecular weight excluding hydrogens is 476 g/mol. The summed E-state index contributed by atoms with van der Waals surface area (Å²) in [6.45, 7) is 1.81. The van der Waals surface area contributed by atoms with Crippen LogP contribution in [0.25, 0.3) is 0 Å². The number of methoxy groups -OCH3 is 2. The smallest absolute Gasteiger partial charge is 0.262 e. The molecule has 0 aromatic heterocycles. The van der Waals surface area contributed by atoms with Crippen LogP contribution in [0.5, 0.6) is 11.5 Å². The Morgan fingerprint density at radius 3 is 1.81 bits per heavy atom. The van der Waals surface area contributed by atoms with E-state index in [0.717, 1.165) is 5.56 Å². The zero-order valence-electron chi connectivity index (χ0n) is 17.4. The average Bonchev–Trinajstić information content (AvgIpc) is 2.75. The van der Waals surface area contributed by atoms with Crippen molar-refractivity contribution >= 4 is 43.0 Å². The molecule has 0 radical (unpaired) electrons. The van der Waals surface area contributed by atoms with Crippen molar-refractivity contribution < 1.29 is 26.3 Å². The van der Waals surface area contributed by atoms with E-state index in [4.69, 9.17) is 21.1 Å². The van der Waals surface area contributed by atoms with E-state index in [0.29, 0.717) is 16.5 Å². The van der Waals surface area contributed by atoms with Crippen LogP contribution in [0.1, 0.15) is 5.56 Å². The highest BCUT2D eigenvalue weighted by Gasteiger charge is 2.19. The summed E-state index contributed by atoms with van der Waals surface area (Å²) >= 11 is 6.04. The molecule has 0 spiro atoms. The maximum atomic E-state index is 12.7. The van der Waals surface area contributed by atoms with Crippen LogP contribution in [-0.4, -0.2) is 31.1 Å². The predicted molar refractivity (Wildman–Crippen MR) is 124 cm³/mol. The molecule has 8 nitrogen and oxygen atoms in total. The molecule has 11 heteroatoms.